The Morgan fingerprint density at radius 2 is 2.10 bits per heavy atom. The topological polar surface area (TPSA) is 57.9 Å². The van der Waals surface area contributed by atoms with Crippen LogP contribution in [0.4, 0.5) is 11.4 Å². The zero-order valence-electron chi connectivity index (χ0n) is 11.5. The van der Waals surface area contributed by atoms with Gasteiger partial charge in [-0.1, -0.05) is 12.1 Å². The number of benzene rings is 2. The van der Waals surface area contributed by atoms with Crippen molar-refractivity contribution in [1.82, 2.24) is 9.97 Å². The minimum atomic E-state index is 0.799. The SMILES string of the molecule is CN(CCc1ccc2nc[nH]c2c1)c1cccc(N)c1. The molecule has 0 unspecified atom stereocenters. The molecule has 3 N–H and O–H groups in total. The molecule has 20 heavy (non-hydrogen) atoms. The van der Waals surface area contributed by atoms with Crippen LogP contribution in [0.1, 0.15) is 5.56 Å². The Labute approximate surface area is 118 Å². The van der Waals surface area contributed by atoms with Crippen LogP contribution in [0, 0.1) is 0 Å². The van der Waals surface area contributed by atoms with Gasteiger partial charge in [0.1, 0.15) is 0 Å². The van der Waals surface area contributed by atoms with Crippen LogP contribution in [-0.2, 0) is 6.42 Å². The monoisotopic (exact) mass is 266 g/mol. The van der Waals surface area contributed by atoms with E-state index in [4.69, 9.17) is 5.73 Å². The molecule has 0 saturated heterocycles. The lowest BCUT2D eigenvalue weighted by atomic mass is 10.1. The van der Waals surface area contributed by atoms with Gasteiger partial charge in [0.25, 0.3) is 0 Å². The number of nitrogen functional groups attached to an aromatic ring is 1. The predicted molar refractivity (Wildman–Crippen MR) is 83.9 cm³/mol. The third kappa shape index (κ3) is 2.59. The predicted octanol–water partition coefficient (Wildman–Crippen LogP) is 2.82. The highest BCUT2D eigenvalue weighted by atomic mass is 15.1. The van der Waals surface area contributed by atoms with Gasteiger partial charge in [0.05, 0.1) is 17.4 Å². The molecule has 0 spiro atoms. The van der Waals surface area contributed by atoms with Crippen LogP contribution in [0.25, 0.3) is 11.0 Å². The number of imidazole rings is 1. The first-order valence-corrected chi connectivity index (χ1v) is 6.71. The maximum absolute atomic E-state index is 5.82. The Morgan fingerprint density at radius 1 is 1.20 bits per heavy atom. The molecule has 1 aromatic heterocycles. The molecule has 3 aromatic rings. The fourth-order valence-electron chi connectivity index (χ4n) is 2.33. The Morgan fingerprint density at radius 3 is 2.95 bits per heavy atom. The highest BCUT2D eigenvalue weighted by Crippen LogP contribution is 2.17. The van der Waals surface area contributed by atoms with Crippen molar-refractivity contribution in [3.8, 4) is 0 Å². The number of likely N-dealkylation sites (N-methyl/N-ethyl adjacent to an activating group) is 1. The summed E-state index contributed by atoms with van der Waals surface area (Å²) in [6, 6.07) is 14.3. The van der Waals surface area contributed by atoms with Crippen molar-refractivity contribution in [2.75, 3.05) is 24.2 Å². The number of hydrogen-bond donors (Lipinski definition) is 2. The summed E-state index contributed by atoms with van der Waals surface area (Å²) in [5, 5.41) is 0. The molecule has 0 saturated carbocycles. The van der Waals surface area contributed by atoms with Crippen LogP contribution in [0.15, 0.2) is 48.8 Å². The van der Waals surface area contributed by atoms with Crippen molar-refractivity contribution < 1.29 is 0 Å². The number of hydrogen-bond acceptors (Lipinski definition) is 3. The van der Waals surface area contributed by atoms with E-state index >= 15 is 0 Å². The van der Waals surface area contributed by atoms with Gasteiger partial charge in [-0.15, -0.1) is 0 Å². The Balaban J connectivity index is 1.69. The molecule has 0 bridgehead atoms. The number of anilines is 2. The fraction of sp³-hybridized carbons (Fsp3) is 0.188. The van der Waals surface area contributed by atoms with Crippen LogP contribution in [-0.4, -0.2) is 23.6 Å². The van der Waals surface area contributed by atoms with Crippen molar-refractivity contribution in [3.05, 3.63) is 54.4 Å². The summed E-state index contributed by atoms with van der Waals surface area (Å²) in [5.41, 5.74) is 11.2. The molecule has 0 amide bonds. The molecule has 0 aliphatic rings. The first-order valence-electron chi connectivity index (χ1n) is 6.71. The van der Waals surface area contributed by atoms with E-state index in [0.29, 0.717) is 0 Å². The minimum absolute atomic E-state index is 0.799. The molecule has 0 atom stereocenters. The van der Waals surface area contributed by atoms with Gasteiger partial charge in [-0.05, 0) is 42.3 Å². The summed E-state index contributed by atoms with van der Waals surface area (Å²) in [6.45, 7) is 0.948. The standard InChI is InChI=1S/C16H18N4/c1-20(14-4-2-3-13(17)10-14)8-7-12-5-6-15-16(9-12)19-11-18-15/h2-6,9-11H,7-8,17H2,1H3,(H,18,19). The molecule has 3 rings (SSSR count). The first kappa shape index (κ1) is 12.5. The molecular formula is C16H18N4. The van der Waals surface area contributed by atoms with Crippen LogP contribution in [0.2, 0.25) is 0 Å². The molecule has 0 radical (unpaired) electrons. The zero-order valence-corrected chi connectivity index (χ0v) is 11.5. The Hall–Kier alpha value is -2.49. The zero-order chi connectivity index (χ0) is 13.9. The van der Waals surface area contributed by atoms with E-state index in [1.807, 2.05) is 18.2 Å². The summed E-state index contributed by atoms with van der Waals surface area (Å²) in [7, 11) is 2.09. The second kappa shape index (κ2) is 5.25. The second-order valence-corrected chi connectivity index (χ2v) is 5.02. The van der Waals surface area contributed by atoms with Crippen molar-refractivity contribution in [2.24, 2.45) is 0 Å². The number of H-pyrrole nitrogens is 1. The van der Waals surface area contributed by atoms with Crippen molar-refractivity contribution in [1.29, 1.82) is 0 Å². The molecule has 1 heterocycles. The number of rotatable bonds is 4. The van der Waals surface area contributed by atoms with Gasteiger partial charge in [0, 0.05) is 25.0 Å². The molecule has 2 aromatic carbocycles. The van der Waals surface area contributed by atoms with Crippen LogP contribution >= 0.6 is 0 Å². The lowest BCUT2D eigenvalue weighted by molar-refractivity contribution is 0.878. The van der Waals surface area contributed by atoms with E-state index in [1.54, 1.807) is 6.33 Å². The van der Waals surface area contributed by atoms with Crippen LogP contribution in [0.5, 0.6) is 0 Å². The molecule has 4 heteroatoms. The number of nitrogens with one attached hydrogen (secondary N) is 1. The van der Waals surface area contributed by atoms with Crippen molar-refractivity contribution >= 4 is 22.4 Å². The highest BCUT2D eigenvalue weighted by Gasteiger charge is 2.03. The second-order valence-electron chi connectivity index (χ2n) is 5.02. The van der Waals surface area contributed by atoms with Gasteiger partial charge >= 0.3 is 0 Å². The van der Waals surface area contributed by atoms with E-state index in [1.165, 1.54) is 5.56 Å². The quantitative estimate of drug-likeness (QED) is 0.714. The third-order valence-corrected chi connectivity index (χ3v) is 3.53. The Bertz CT molecular complexity index is 717. The number of nitrogens with zero attached hydrogens (tertiary/aromatic N) is 2. The summed E-state index contributed by atoms with van der Waals surface area (Å²) in [5.74, 6) is 0. The van der Waals surface area contributed by atoms with Crippen LogP contribution in [0.3, 0.4) is 0 Å². The number of fused-ring (bicyclic) bond motifs is 1. The van der Waals surface area contributed by atoms with Gasteiger partial charge in [0.15, 0.2) is 0 Å². The lowest BCUT2D eigenvalue weighted by Crippen LogP contribution is -2.20. The lowest BCUT2D eigenvalue weighted by Gasteiger charge is -2.19. The maximum Gasteiger partial charge on any atom is 0.0931 e. The maximum atomic E-state index is 5.82. The number of aromatic amines is 1. The van der Waals surface area contributed by atoms with E-state index in [0.717, 1.165) is 35.4 Å². The summed E-state index contributed by atoms with van der Waals surface area (Å²) in [6.07, 6.45) is 2.72. The number of nitrogens with two attached hydrogens (primary N) is 1. The smallest absolute Gasteiger partial charge is 0.0931 e. The largest absolute Gasteiger partial charge is 0.399 e. The number of aromatic nitrogens is 2. The molecular weight excluding hydrogens is 248 g/mol. The van der Waals surface area contributed by atoms with E-state index < -0.39 is 0 Å². The molecule has 0 aliphatic carbocycles. The van der Waals surface area contributed by atoms with Crippen LogP contribution < -0.4 is 10.6 Å². The summed E-state index contributed by atoms with van der Waals surface area (Å²) in [4.78, 5) is 9.59. The molecule has 0 aliphatic heterocycles. The van der Waals surface area contributed by atoms with Crippen molar-refractivity contribution in [2.45, 2.75) is 6.42 Å². The minimum Gasteiger partial charge on any atom is -0.399 e. The van der Waals surface area contributed by atoms with Crippen molar-refractivity contribution in [3.63, 3.8) is 0 Å². The van der Waals surface area contributed by atoms with Gasteiger partial charge in [-0.3, -0.25) is 0 Å². The van der Waals surface area contributed by atoms with Gasteiger partial charge in [-0.25, -0.2) is 4.98 Å². The Kier molecular flexibility index (Phi) is 3.29. The molecule has 102 valence electrons. The first-order chi connectivity index (χ1) is 9.72. The van der Waals surface area contributed by atoms with Gasteiger partial charge < -0.3 is 15.6 Å². The average molecular weight is 266 g/mol. The van der Waals surface area contributed by atoms with E-state index in [2.05, 4.69) is 46.2 Å². The van der Waals surface area contributed by atoms with Gasteiger partial charge in [0.2, 0.25) is 0 Å². The average Bonchev–Trinajstić information content (AvgIpc) is 2.92. The molecule has 4 nitrogen and oxygen atoms in total. The van der Waals surface area contributed by atoms with E-state index in [-0.39, 0.29) is 0 Å². The fourth-order valence-corrected chi connectivity index (χ4v) is 2.33. The highest BCUT2D eigenvalue weighted by molar-refractivity contribution is 5.75. The normalized spacial score (nSPS) is 10.8. The molecule has 0 fully saturated rings. The van der Waals surface area contributed by atoms with E-state index in [9.17, 15) is 0 Å². The summed E-state index contributed by atoms with van der Waals surface area (Å²) < 4.78 is 0. The van der Waals surface area contributed by atoms with Gasteiger partial charge in [-0.2, -0.15) is 0 Å². The third-order valence-electron chi connectivity index (χ3n) is 3.53. The summed E-state index contributed by atoms with van der Waals surface area (Å²) >= 11 is 0.